The maximum absolute atomic E-state index is 11.6. The second-order valence-electron chi connectivity index (χ2n) is 4.64. The van der Waals surface area contributed by atoms with Crippen LogP contribution in [0.1, 0.15) is 13.8 Å². The van der Waals surface area contributed by atoms with E-state index in [1.165, 1.54) is 0 Å². The van der Waals surface area contributed by atoms with Crippen molar-refractivity contribution in [2.75, 3.05) is 18.6 Å². The van der Waals surface area contributed by atoms with E-state index in [4.69, 9.17) is 9.47 Å². The number of ether oxygens (including phenoxy) is 2. The van der Waals surface area contributed by atoms with Gasteiger partial charge >= 0.3 is 6.03 Å². The lowest BCUT2D eigenvalue weighted by molar-refractivity contribution is 0.249. The largest absolute Gasteiger partial charge is 0.494 e. The number of hydrogen-bond acceptors (Lipinski definition) is 5. The maximum atomic E-state index is 11.6. The van der Waals surface area contributed by atoms with Gasteiger partial charge in [-0.25, -0.2) is 10.2 Å². The molecule has 0 saturated heterocycles. The molecule has 2 amide bonds. The van der Waals surface area contributed by atoms with Crippen LogP contribution in [0.2, 0.25) is 0 Å². The Morgan fingerprint density at radius 3 is 2.00 bits per heavy atom. The van der Waals surface area contributed by atoms with E-state index < -0.39 is 6.03 Å². The minimum atomic E-state index is -0.599. The minimum Gasteiger partial charge on any atom is -0.494 e. The number of hydrogen-bond donors (Lipinski definition) is 2. The summed E-state index contributed by atoms with van der Waals surface area (Å²) in [5.41, 5.74) is 6.46. The second-order valence-corrected chi connectivity index (χ2v) is 4.64. The third-order valence-electron chi connectivity index (χ3n) is 2.88. The molecular formula is C17H20N4O3. The van der Waals surface area contributed by atoms with Crippen molar-refractivity contribution in [2.45, 2.75) is 13.8 Å². The summed E-state index contributed by atoms with van der Waals surface area (Å²) in [4.78, 5) is 11.6. The molecule has 2 aromatic carbocycles. The molecule has 2 N–H and O–H groups in total. The molecule has 24 heavy (non-hydrogen) atoms. The Kier molecular flexibility index (Phi) is 6.58. The molecule has 0 atom stereocenters. The molecule has 2 aromatic rings. The Morgan fingerprint density at radius 1 is 0.917 bits per heavy atom. The smallest absolute Gasteiger partial charge is 0.378 e. The minimum absolute atomic E-state index is 0.565. The van der Waals surface area contributed by atoms with Gasteiger partial charge in [-0.3, -0.25) is 5.43 Å². The highest BCUT2D eigenvalue weighted by atomic mass is 16.5. The van der Waals surface area contributed by atoms with Crippen molar-refractivity contribution in [1.29, 1.82) is 0 Å². The number of benzene rings is 2. The van der Waals surface area contributed by atoms with Crippen LogP contribution in [0.25, 0.3) is 0 Å². The first-order chi connectivity index (χ1) is 11.7. The van der Waals surface area contributed by atoms with Crippen LogP contribution < -0.4 is 20.3 Å². The SMILES string of the molecule is CCOc1ccc(N=NC(=O)NNc2ccc(OCC)cc2)cc1. The van der Waals surface area contributed by atoms with Crippen molar-refractivity contribution in [2.24, 2.45) is 10.2 Å². The molecule has 0 saturated carbocycles. The van der Waals surface area contributed by atoms with Gasteiger partial charge < -0.3 is 9.47 Å². The van der Waals surface area contributed by atoms with Gasteiger partial charge in [0.1, 0.15) is 11.5 Å². The Bertz CT molecular complexity index is 669. The predicted octanol–water partition coefficient (Wildman–Crippen LogP) is 4.30. The third kappa shape index (κ3) is 5.60. The Balaban J connectivity index is 1.81. The number of anilines is 1. The Hall–Kier alpha value is -3.09. The van der Waals surface area contributed by atoms with E-state index in [1.807, 2.05) is 13.8 Å². The van der Waals surface area contributed by atoms with Gasteiger partial charge in [0.2, 0.25) is 0 Å². The highest BCUT2D eigenvalue weighted by Gasteiger charge is 1.99. The number of carbonyl (C=O) groups excluding carboxylic acids is 1. The average Bonchev–Trinajstić information content (AvgIpc) is 2.61. The van der Waals surface area contributed by atoms with Crippen molar-refractivity contribution in [3.05, 3.63) is 48.5 Å². The first-order valence-electron chi connectivity index (χ1n) is 7.64. The summed E-state index contributed by atoms with van der Waals surface area (Å²) < 4.78 is 10.7. The van der Waals surface area contributed by atoms with E-state index in [0.717, 1.165) is 11.5 Å². The summed E-state index contributed by atoms with van der Waals surface area (Å²) in [6.45, 7) is 5.03. The zero-order valence-corrected chi connectivity index (χ0v) is 13.7. The number of nitrogens with one attached hydrogen (secondary N) is 2. The summed E-state index contributed by atoms with van der Waals surface area (Å²) in [7, 11) is 0. The van der Waals surface area contributed by atoms with Gasteiger partial charge in [0.05, 0.1) is 24.6 Å². The predicted molar refractivity (Wildman–Crippen MR) is 91.9 cm³/mol. The van der Waals surface area contributed by atoms with Gasteiger partial charge in [-0.1, -0.05) is 5.11 Å². The van der Waals surface area contributed by atoms with Crippen molar-refractivity contribution in [1.82, 2.24) is 5.43 Å². The Labute approximate surface area is 140 Å². The molecule has 0 aliphatic heterocycles. The van der Waals surface area contributed by atoms with Crippen molar-refractivity contribution in [3.8, 4) is 11.5 Å². The van der Waals surface area contributed by atoms with Gasteiger partial charge in [-0.2, -0.15) is 0 Å². The summed E-state index contributed by atoms with van der Waals surface area (Å²) >= 11 is 0. The van der Waals surface area contributed by atoms with Crippen LogP contribution in [0, 0.1) is 0 Å². The van der Waals surface area contributed by atoms with Gasteiger partial charge in [0.15, 0.2) is 0 Å². The van der Waals surface area contributed by atoms with Crippen LogP contribution in [0.4, 0.5) is 16.2 Å². The molecule has 126 valence electrons. The normalized spacial score (nSPS) is 10.4. The van der Waals surface area contributed by atoms with E-state index in [9.17, 15) is 4.79 Å². The third-order valence-corrected chi connectivity index (χ3v) is 2.88. The Morgan fingerprint density at radius 2 is 1.46 bits per heavy atom. The zero-order valence-electron chi connectivity index (χ0n) is 13.7. The molecule has 0 aliphatic rings. The van der Waals surface area contributed by atoms with E-state index >= 15 is 0 Å². The van der Waals surface area contributed by atoms with Gasteiger partial charge in [0, 0.05) is 0 Å². The van der Waals surface area contributed by atoms with Crippen LogP contribution >= 0.6 is 0 Å². The summed E-state index contributed by atoms with van der Waals surface area (Å²) in [6, 6.07) is 13.6. The topological polar surface area (TPSA) is 84.3 Å². The first-order valence-corrected chi connectivity index (χ1v) is 7.64. The molecule has 0 bridgehead atoms. The number of hydrazine groups is 1. The molecule has 0 heterocycles. The standard InChI is InChI=1S/C17H20N4O3/c1-3-23-15-9-5-13(6-10-15)18-20-17(22)21-19-14-7-11-16(12-8-14)24-4-2/h5-12,18H,3-4H2,1-2H3,(H,20,22). The van der Waals surface area contributed by atoms with Crippen molar-refractivity contribution >= 4 is 17.4 Å². The van der Waals surface area contributed by atoms with Crippen LogP contribution in [0.3, 0.4) is 0 Å². The number of urea groups is 1. The van der Waals surface area contributed by atoms with Crippen molar-refractivity contribution in [3.63, 3.8) is 0 Å². The number of nitrogens with zero attached hydrogens (tertiary/aromatic N) is 2. The average molecular weight is 328 g/mol. The van der Waals surface area contributed by atoms with E-state index in [2.05, 4.69) is 21.1 Å². The number of rotatable bonds is 7. The molecule has 7 heteroatoms. The molecule has 0 aliphatic carbocycles. The van der Waals surface area contributed by atoms with Crippen LogP contribution in [-0.4, -0.2) is 19.2 Å². The van der Waals surface area contributed by atoms with E-state index in [1.54, 1.807) is 48.5 Å². The molecule has 7 nitrogen and oxygen atoms in total. The number of azo groups is 1. The number of amides is 2. The highest BCUT2D eigenvalue weighted by molar-refractivity contribution is 5.76. The second kappa shape index (κ2) is 9.14. The fourth-order valence-corrected chi connectivity index (χ4v) is 1.83. The van der Waals surface area contributed by atoms with E-state index in [-0.39, 0.29) is 0 Å². The van der Waals surface area contributed by atoms with Crippen LogP contribution in [0.15, 0.2) is 58.8 Å². The summed E-state index contributed by atoms with van der Waals surface area (Å²) in [5.74, 6) is 1.52. The fourth-order valence-electron chi connectivity index (χ4n) is 1.83. The maximum Gasteiger partial charge on any atom is 0.378 e. The quantitative estimate of drug-likeness (QED) is 0.586. The number of carbonyl (C=O) groups is 1. The van der Waals surface area contributed by atoms with Crippen molar-refractivity contribution < 1.29 is 14.3 Å². The molecule has 2 rings (SSSR count). The fraction of sp³-hybridized carbons (Fsp3) is 0.235. The first kappa shape index (κ1) is 17.3. The molecule has 0 radical (unpaired) electrons. The van der Waals surface area contributed by atoms with Gasteiger partial charge in [0.25, 0.3) is 0 Å². The zero-order chi connectivity index (χ0) is 17.2. The lowest BCUT2D eigenvalue weighted by atomic mass is 10.3. The van der Waals surface area contributed by atoms with Crippen LogP contribution in [-0.2, 0) is 0 Å². The summed E-state index contributed by atoms with van der Waals surface area (Å²) in [5, 5.41) is 7.43. The molecule has 0 unspecified atom stereocenters. The molecule has 0 fully saturated rings. The van der Waals surface area contributed by atoms with Gasteiger partial charge in [-0.05, 0) is 62.4 Å². The molecular weight excluding hydrogens is 308 g/mol. The molecule has 0 spiro atoms. The lowest BCUT2D eigenvalue weighted by Crippen LogP contribution is -2.26. The summed E-state index contributed by atoms with van der Waals surface area (Å²) in [6.07, 6.45) is 0. The van der Waals surface area contributed by atoms with Gasteiger partial charge in [-0.15, -0.1) is 5.11 Å². The lowest BCUT2D eigenvalue weighted by Gasteiger charge is -2.07. The van der Waals surface area contributed by atoms with Crippen LogP contribution in [0.5, 0.6) is 11.5 Å². The highest BCUT2D eigenvalue weighted by Crippen LogP contribution is 2.18. The van der Waals surface area contributed by atoms with E-state index in [0.29, 0.717) is 24.6 Å². The monoisotopic (exact) mass is 328 g/mol. The molecule has 0 aromatic heterocycles.